The third kappa shape index (κ3) is 3.23. The van der Waals surface area contributed by atoms with Crippen LogP contribution in [-0.4, -0.2) is 15.3 Å². The van der Waals surface area contributed by atoms with Gasteiger partial charge in [-0.05, 0) is 34.1 Å². The Bertz CT molecular complexity index is 700. The van der Waals surface area contributed by atoms with Gasteiger partial charge in [-0.1, -0.05) is 23.2 Å². The molecule has 0 fully saturated rings. The van der Waals surface area contributed by atoms with Crippen molar-refractivity contribution in [2.75, 3.05) is 0 Å². The van der Waals surface area contributed by atoms with Gasteiger partial charge in [0.1, 0.15) is 4.47 Å². The van der Waals surface area contributed by atoms with Crippen molar-refractivity contribution in [2.45, 2.75) is 6.54 Å². The van der Waals surface area contributed by atoms with Crippen LogP contribution in [0.1, 0.15) is 10.4 Å². The van der Waals surface area contributed by atoms with E-state index in [-0.39, 0.29) is 22.9 Å². The number of aromatic nitrogens is 2. The average Bonchev–Trinajstić information content (AvgIpc) is 2.34. The summed E-state index contributed by atoms with van der Waals surface area (Å²) in [6.07, 6.45) is 2.67. The molecule has 4 nitrogen and oxygen atoms in total. The van der Waals surface area contributed by atoms with Crippen molar-refractivity contribution in [2.24, 2.45) is 0 Å². The third-order valence-electron chi connectivity index (χ3n) is 2.40. The van der Waals surface area contributed by atoms with Crippen LogP contribution in [0.3, 0.4) is 0 Å². The van der Waals surface area contributed by atoms with E-state index in [9.17, 15) is 9.59 Å². The second kappa shape index (κ2) is 5.86. The van der Waals surface area contributed by atoms with Crippen molar-refractivity contribution in [3.8, 4) is 0 Å². The summed E-state index contributed by atoms with van der Waals surface area (Å²) >= 11 is 14.8. The molecule has 2 aromatic rings. The first-order valence-electron chi connectivity index (χ1n) is 5.17. The molecule has 0 bridgehead atoms. The van der Waals surface area contributed by atoms with E-state index in [1.807, 2.05) is 0 Å². The number of ketones is 1. The molecule has 0 N–H and O–H groups in total. The number of hydrogen-bond donors (Lipinski definition) is 0. The van der Waals surface area contributed by atoms with Gasteiger partial charge in [-0.25, -0.2) is 4.98 Å². The summed E-state index contributed by atoms with van der Waals surface area (Å²) in [6.45, 7) is -0.132. The largest absolute Gasteiger partial charge is 0.292 e. The van der Waals surface area contributed by atoms with Crippen LogP contribution in [0.2, 0.25) is 10.0 Å². The van der Waals surface area contributed by atoms with Crippen LogP contribution in [0.4, 0.5) is 0 Å². The quantitative estimate of drug-likeness (QED) is 0.789. The fraction of sp³-hybridized carbons (Fsp3) is 0.0833. The van der Waals surface area contributed by atoms with E-state index < -0.39 is 0 Å². The predicted octanol–water partition coefficient (Wildman–Crippen LogP) is 3.20. The van der Waals surface area contributed by atoms with Crippen LogP contribution >= 0.6 is 39.1 Å². The van der Waals surface area contributed by atoms with Crippen LogP contribution < -0.4 is 5.56 Å². The molecule has 0 spiro atoms. The maximum absolute atomic E-state index is 12.1. The number of benzene rings is 1. The molecular weight excluding hydrogens is 355 g/mol. The van der Waals surface area contributed by atoms with E-state index in [0.717, 1.165) is 0 Å². The van der Waals surface area contributed by atoms with E-state index in [1.165, 1.54) is 29.2 Å². The molecule has 0 aliphatic heterocycles. The minimum absolute atomic E-state index is 0.132. The van der Waals surface area contributed by atoms with Crippen molar-refractivity contribution in [1.29, 1.82) is 0 Å². The molecule has 1 aromatic heterocycles. The fourth-order valence-electron chi connectivity index (χ4n) is 1.49. The summed E-state index contributed by atoms with van der Waals surface area (Å²) in [7, 11) is 0. The van der Waals surface area contributed by atoms with Gasteiger partial charge in [-0.3, -0.25) is 14.2 Å². The monoisotopic (exact) mass is 360 g/mol. The zero-order chi connectivity index (χ0) is 14.0. The Balaban J connectivity index is 2.31. The minimum Gasteiger partial charge on any atom is -0.292 e. The second-order valence-electron chi connectivity index (χ2n) is 3.72. The summed E-state index contributed by atoms with van der Waals surface area (Å²) in [5, 5.41) is 0.705. The van der Waals surface area contributed by atoms with Crippen molar-refractivity contribution in [3.05, 3.63) is 61.2 Å². The summed E-state index contributed by atoms with van der Waals surface area (Å²) in [5.41, 5.74) is -0.00798. The topological polar surface area (TPSA) is 52.0 Å². The third-order valence-corrected chi connectivity index (χ3v) is 3.50. The molecule has 0 amide bonds. The van der Waals surface area contributed by atoms with Crippen molar-refractivity contribution < 1.29 is 4.79 Å². The van der Waals surface area contributed by atoms with E-state index in [2.05, 4.69) is 20.9 Å². The SMILES string of the molecule is O=C(Cn1cncc(Br)c1=O)c1ccc(Cl)cc1Cl. The zero-order valence-corrected chi connectivity index (χ0v) is 12.5. The molecule has 0 unspecified atom stereocenters. The number of nitrogens with zero attached hydrogens (tertiary/aromatic N) is 2. The van der Waals surface area contributed by atoms with Gasteiger partial charge in [-0.2, -0.15) is 0 Å². The molecular formula is C12H7BrCl2N2O2. The Morgan fingerprint density at radius 3 is 2.79 bits per heavy atom. The number of carbonyl (C=O) groups is 1. The smallest absolute Gasteiger partial charge is 0.268 e. The first-order chi connectivity index (χ1) is 8.99. The Kier molecular flexibility index (Phi) is 4.39. The maximum atomic E-state index is 12.1. The van der Waals surface area contributed by atoms with Gasteiger partial charge in [0.05, 0.1) is 17.9 Å². The van der Waals surface area contributed by atoms with Crippen LogP contribution in [0.25, 0.3) is 0 Å². The molecule has 1 aromatic carbocycles. The molecule has 1 heterocycles. The lowest BCUT2D eigenvalue weighted by Gasteiger charge is -2.06. The van der Waals surface area contributed by atoms with Gasteiger partial charge in [0.2, 0.25) is 0 Å². The highest BCUT2D eigenvalue weighted by atomic mass is 79.9. The first-order valence-corrected chi connectivity index (χ1v) is 6.72. The summed E-state index contributed by atoms with van der Waals surface area (Å²) < 4.78 is 1.50. The Labute approximate surface area is 127 Å². The van der Waals surface area contributed by atoms with Crippen LogP contribution in [0.5, 0.6) is 0 Å². The normalized spacial score (nSPS) is 10.5. The number of carbonyl (C=O) groups excluding carboxylic acids is 1. The highest BCUT2D eigenvalue weighted by Crippen LogP contribution is 2.21. The number of hydrogen-bond acceptors (Lipinski definition) is 3. The second-order valence-corrected chi connectivity index (χ2v) is 5.42. The van der Waals surface area contributed by atoms with E-state index in [0.29, 0.717) is 15.1 Å². The van der Waals surface area contributed by atoms with Crippen molar-refractivity contribution >= 4 is 44.9 Å². The summed E-state index contributed by atoms with van der Waals surface area (Å²) in [5.74, 6) is -0.288. The summed E-state index contributed by atoms with van der Waals surface area (Å²) in [4.78, 5) is 27.7. The molecule has 2 rings (SSSR count). The van der Waals surface area contributed by atoms with Crippen molar-refractivity contribution in [3.63, 3.8) is 0 Å². The summed E-state index contributed by atoms with van der Waals surface area (Å²) in [6, 6.07) is 4.59. The molecule has 0 saturated heterocycles. The molecule has 7 heteroatoms. The lowest BCUT2D eigenvalue weighted by atomic mass is 10.1. The minimum atomic E-state index is -0.326. The Morgan fingerprint density at radius 2 is 2.11 bits per heavy atom. The van der Waals surface area contributed by atoms with E-state index in [4.69, 9.17) is 23.2 Å². The standard InChI is InChI=1S/C12H7BrCl2N2O2/c13-9-4-16-6-17(12(9)19)5-11(18)8-2-1-7(14)3-10(8)15/h1-4,6H,5H2. The number of halogens is 3. The lowest BCUT2D eigenvalue weighted by Crippen LogP contribution is -2.24. The Hall–Kier alpha value is -1.17. The van der Waals surface area contributed by atoms with Gasteiger partial charge >= 0.3 is 0 Å². The van der Waals surface area contributed by atoms with E-state index >= 15 is 0 Å². The fourth-order valence-corrected chi connectivity index (χ4v) is 2.35. The van der Waals surface area contributed by atoms with E-state index in [1.54, 1.807) is 6.07 Å². The molecule has 0 atom stereocenters. The molecule has 0 saturated carbocycles. The van der Waals surface area contributed by atoms with Gasteiger partial charge in [0.25, 0.3) is 5.56 Å². The van der Waals surface area contributed by atoms with Crippen molar-refractivity contribution in [1.82, 2.24) is 9.55 Å². The van der Waals surface area contributed by atoms with Crippen LogP contribution in [0.15, 0.2) is 40.0 Å². The molecule has 0 aliphatic carbocycles. The molecule has 0 aliphatic rings. The predicted molar refractivity (Wildman–Crippen MR) is 77.0 cm³/mol. The van der Waals surface area contributed by atoms with Gasteiger partial charge in [0, 0.05) is 16.8 Å². The van der Waals surface area contributed by atoms with Crippen LogP contribution in [0, 0.1) is 0 Å². The zero-order valence-electron chi connectivity index (χ0n) is 9.44. The molecule has 98 valence electrons. The van der Waals surface area contributed by atoms with Gasteiger partial charge in [-0.15, -0.1) is 0 Å². The van der Waals surface area contributed by atoms with Gasteiger partial charge < -0.3 is 0 Å². The first kappa shape index (κ1) is 14.2. The Morgan fingerprint density at radius 1 is 1.37 bits per heavy atom. The highest BCUT2D eigenvalue weighted by Gasteiger charge is 2.13. The number of Topliss-reactive ketones (excluding diaryl/α,β-unsaturated/α-hetero) is 1. The van der Waals surface area contributed by atoms with Gasteiger partial charge in [0.15, 0.2) is 5.78 Å². The number of rotatable bonds is 3. The maximum Gasteiger partial charge on any atom is 0.268 e. The lowest BCUT2D eigenvalue weighted by molar-refractivity contribution is 0.0970. The van der Waals surface area contributed by atoms with Crippen LogP contribution in [-0.2, 0) is 6.54 Å². The average molecular weight is 362 g/mol. The molecule has 19 heavy (non-hydrogen) atoms. The highest BCUT2D eigenvalue weighted by molar-refractivity contribution is 9.10. The molecule has 0 radical (unpaired) electrons.